The van der Waals surface area contributed by atoms with Crippen molar-refractivity contribution in [2.45, 2.75) is 13.8 Å². The summed E-state index contributed by atoms with van der Waals surface area (Å²) in [4.78, 5) is 19.6. The normalized spacial score (nSPS) is 10.7. The quantitative estimate of drug-likeness (QED) is 0.341. The molecule has 4 aromatic rings. The summed E-state index contributed by atoms with van der Waals surface area (Å²) in [7, 11) is 0. The first-order chi connectivity index (χ1) is 14.0. The molecule has 1 aromatic heterocycles. The lowest BCUT2D eigenvalue weighted by Gasteiger charge is -2.12. The molecule has 0 unspecified atom stereocenters. The molecule has 0 atom stereocenters. The second-order valence-corrected chi connectivity index (χ2v) is 6.83. The number of benzene rings is 3. The van der Waals surface area contributed by atoms with Crippen molar-refractivity contribution in [2.24, 2.45) is 0 Å². The predicted octanol–water partition coefficient (Wildman–Crippen LogP) is 5.64. The molecule has 1 heterocycles. The first-order valence-corrected chi connectivity index (χ1v) is 9.11. The molecule has 2 N–H and O–H groups in total. The highest BCUT2D eigenvalue weighted by Gasteiger charge is 2.23. The van der Waals surface area contributed by atoms with E-state index in [0.29, 0.717) is 0 Å². The molecule has 0 aliphatic rings. The summed E-state index contributed by atoms with van der Waals surface area (Å²) in [6, 6.07) is 19.4. The second kappa shape index (κ2) is 7.55. The fourth-order valence-electron chi connectivity index (χ4n) is 3.38. The fourth-order valence-corrected chi connectivity index (χ4v) is 3.38. The first-order valence-electron chi connectivity index (χ1n) is 9.11. The van der Waals surface area contributed by atoms with Crippen LogP contribution in [0.3, 0.4) is 0 Å². The van der Waals surface area contributed by atoms with Gasteiger partial charge in [-0.1, -0.05) is 42.5 Å². The van der Waals surface area contributed by atoms with E-state index < -0.39 is 4.92 Å². The van der Waals surface area contributed by atoms with Gasteiger partial charge in [0.2, 0.25) is 11.6 Å². The number of nitro groups is 1. The molecule has 0 bridgehead atoms. The summed E-state index contributed by atoms with van der Waals surface area (Å²) in [6.07, 6.45) is 1.31. The van der Waals surface area contributed by atoms with E-state index in [2.05, 4.69) is 20.6 Å². The Morgan fingerprint density at radius 1 is 0.862 bits per heavy atom. The molecule has 0 spiro atoms. The van der Waals surface area contributed by atoms with Gasteiger partial charge in [-0.2, -0.15) is 0 Å². The van der Waals surface area contributed by atoms with Crippen molar-refractivity contribution in [1.29, 1.82) is 0 Å². The van der Waals surface area contributed by atoms with Crippen LogP contribution < -0.4 is 10.6 Å². The van der Waals surface area contributed by atoms with Crippen molar-refractivity contribution < 1.29 is 4.92 Å². The Labute approximate surface area is 167 Å². The Kier molecular flexibility index (Phi) is 4.78. The van der Waals surface area contributed by atoms with Crippen LogP contribution in [0.1, 0.15) is 11.1 Å². The average molecular weight is 385 g/mol. The molecule has 29 heavy (non-hydrogen) atoms. The van der Waals surface area contributed by atoms with Gasteiger partial charge >= 0.3 is 5.69 Å². The molecule has 0 aliphatic carbocycles. The number of hydrogen-bond acceptors (Lipinski definition) is 6. The monoisotopic (exact) mass is 385 g/mol. The van der Waals surface area contributed by atoms with E-state index in [1.165, 1.54) is 6.33 Å². The van der Waals surface area contributed by atoms with Gasteiger partial charge < -0.3 is 10.6 Å². The number of rotatable bonds is 5. The van der Waals surface area contributed by atoms with Crippen LogP contribution in [0.5, 0.6) is 0 Å². The molecule has 7 heteroatoms. The third-order valence-electron chi connectivity index (χ3n) is 4.53. The highest BCUT2D eigenvalue weighted by Crippen LogP contribution is 2.35. The largest absolute Gasteiger partial charge is 0.353 e. The van der Waals surface area contributed by atoms with Gasteiger partial charge in [-0.05, 0) is 48.6 Å². The van der Waals surface area contributed by atoms with Crippen LogP contribution in [0.2, 0.25) is 0 Å². The molecule has 0 saturated carbocycles. The summed E-state index contributed by atoms with van der Waals surface area (Å²) < 4.78 is 0. The zero-order valence-corrected chi connectivity index (χ0v) is 16.0. The number of aryl methyl sites for hydroxylation is 2. The lowest BCUT2D eigenvalue weighted by atomic mass is 10.1. The molecule has 0 fully saturated rings. The second-order valence-electron chi connectivity index (χ2n) is 6.83. The topological polar surface area (TPSA) is 93.0 Å². The van der Waals surface area contributed by atoms with Gasteiger partial charge in [-0.3, -0.25) is 10.1 Å². The molecule has 0 saturated heterocycles. The van der Waals surface area contributed by atoms with Crippen molar-refractivity contribution in [1.82, 2.24) is 9.97 Å². The molecule has 0 aliphatic heterocycles. The Morgan fingerprint density at radius 2 is 1.52 bits per heavy atom. The minimum Gasteiger partial charge on any atom is -0.334 e. The molecular formula is C22H19N5O2. The van der Waals surface area contributed by atoms with E-state index >= 15 is 0 Å². The summed E-state index contributed by atoms with van der Waals surface area (Å²) in [5, 5.41) is 20.0. The number of nitrogens with zero attached hydrogens (tertiary/aromatic N) is 3. The molecule has 4 rings (SSSR count). The fraction of sp³-hybridized carbons (Fsp3) is 0.0909. The average Bonchev–Trinajstić information content (AvgIpc) is 2.67. The van der Waals surface area contributed by atoms with Crippen molar-refractivity contribution in [3.63, 3.8) is 0 Å². The summed E-state index contributed by atoms with van der Waals surface area (Å²) in [5.74, 6) is 0.269. The predicted molar refractivity (Wildman–Crippen MR) is 115 cm³/mol. The maximum atomic E-state index is 11.9. The van der Waals surface area contributed by atoms with E-state index in [1.807, 2.05) is 74.5 Å². The zero-order chi connectivity index (χ0) is 20.4. The maximum absolute atomic E-state index is 11.9. The van der Waals surface area contributed by atoms with Crippen LogP contribution in [0.25, 0.3) is 10.8 Å². The van der Waals surface area contributed by atoms with E-state index in [9.17, 15) is 10.1 Å². The number of anilines is 4. The van der Waals surface area contributed by atoms with Crippen LogP contribution in [0.4, 0.5) is 28.7 Å². The number of hydrogen-bond donors (Lipinski definition) is 2. The standard InChI is InChI=1S/C22H19N5O2/c1-14-10-15(2)12-17(11-14)25-21-20(27(28)29)22(24-13-23-21)26-19-9-5-7-16-6-3-4-8-18(16)19/h3-13H,1-2H3,(H2,23,24,25,26). The Morgan fingerprint density at radius 3 is 2.24 bits per heavy atom. The lowest BCUT2D eigenvalue weighted by molar-refractivity contribution is -0.383. The van der Waals surface area contributed by atoms with E-state index in [-0.39, 0.29) is 17.3 Å². The molecule has 0 amide bonds. The number of fused-ring (bicyclic) bond motifs is 1. The molecule has 3 aromatic carbocycles. The van der Waals surface area contributed by atoms with Gasteiger partial charge in [0.15, 0.2) is 0 Å². The van der Waals surface area contributed by atoms with Crippen molar-refractivity contribution in [3.05, 3.63) is 88.2 Å². The summed E-state index contributed by atoms with van der Waals surface area (Å²) in [5.41, 5.74) is 3.37. The van der Waals surface area contributed by atoms with Gasteiger partial charge in [-0.15, -0.1) is 0 Å². The van der Waals surface area contributed by atoms with E-state index in [4.69, 9.17) is 0 Å². The van der Waals surface area contributed by atoms with Gasteiger partial charge in [0.1, 0.15) is 6.33 Å². The first kappa shape index (κ1) is 18.4. The molecule has 144 valence electrons. The van der Waals surface area contributed by atoms with Crippen LogP contribution in [0.15, 0.2) is 67.0 Å². The molecular weight excluding hydrogens is 366 g/mol. The summed E-state index contributed by atoms with van der Waals surface area (Å²) >= 11 is 0. The van der Waals surface area contributed by atoms with Gasteiger partial charge in [0.05, 0.1) is 4.92 Å². The van der Waals surface area contributed by atoms with Crippen LogP contribution in [-0.2, 0) is 0 Å². The van der Waals surface area contributed by atoms with Crippen molar-refractivity contribution in [2.75, 3.05) is 10.6 Å². The highest BCUT2D eigenvalue weighted by molar-refractivity contribution is 5.96. The minimum absolute atomic E-state index is 0.133. The Balaban J connectivity index is 1.76. The number of aromatic nitrogens is 2. The lowest BCUT2D eigenvalue weighted by Crippen LogP contribution is -2.06. The summed E-state index contributed by atoms with van der Waals surface area (Å²) in [6.45, 7) is 3.94. The van der Waals surface area contributed by atoms with Crippen molar-refractivity contribution in [3.8, 4) is 0 Å². The smallest absolute Gasteiger partial charge is 0.334 e. The van der Waals surface area contributed by atoms with Gasteiger partial charge in [0, 0.05) is 16.8 Å². The number of nitrogens with one attached hydrogen (secondary N) is 2. The van der Waals surface area contributed by atoms with E-state index in [0.717, 1.165) is 33.3 Å². The highest BCUT2D eigenvalue weighted by atomic mass is 16.6. The minimum atomic E-state index is -0.474. The zero-order valence-electron chi connectivity index (χ0n) is 16.0. The SMILES string of the molecule is Cc1cc(C)cc(Nc2ncnc(Nc3cccc4ccccc34)c2[N+](=O)[O-])c1. The van der Waals surface area contributed by atoms with Crippen LogP contribution >= 0.6 is 0 Å². The van der Waals surface area contributed by atoms with Gasteiger partial charge in [-0.25, -0.2) is 9.97 Å². The molecule has 0 radical (unpaired) electrons. The Bertz CT molecular complexity index is 1200. The van der Waals surface area contributed by atoms with E-state index in [1.54, 1.807) is 0 Å². The van der Waals surface area contributed by atoms with Crippen molar-refractivity contribution >= 4 is 39.5 Å². The van der Waals surface area contributed by atoms with Crippen LogP contribution in [0, 0.1) is 24.0 Å². The third kappa shape index (κ3) is 3.84. The van der Waals surface area contributed by atoms with Crippen LogP contribution in [-0.4, -0.2) is 14.9 Å². The third-order valence-corrected chi connectivity index (χ3v) is 4.53. The molecule has 7 nitrogen and oxygen atoms in total. The Hall–Kier alpha value is -4.00. The maximum Gasteiger partial charge on any atom is 0.353 e. The van der Waals surface area contributed by atoms with Gasteiger partial charge in [0.25, 0.3) is 0 Å².